The molecule has 0 saturated heterocycles. The standard InChI is InChI=1S/C18H27N5OS/c1-6-14-10-22-16(25-14)7-8-20-18(19-4)23-11-15-13(3)17(24-5)12(2)9-21-15/h9-10H,6-8,11H2,1-5H3,(H2,19,20,23). The highest BCUT2D eigenvalue weighted by Crippen LogP contribution is 2.23. The van der Waals surface area contributed by atoms with Crippen LogP contribution in [0.3, 0.4) is 0 Å². The highest BCUT2D eigenvalue weighted by atomic mass is 32.1. The van der Waals surface area contributed by atoms with E-state index in [9.17, 15) is 0 Å². The van der Waals surface area contributed by atoms with Gasteiger partial charge in [0.25, 0.3) is 0 Å². The molecule has 0 bridgehead atoms. The highest BCUT2D eigenvalue weighted by molar-refractivity contribution is 7.11. The Bertz CT molecular complexity index is 726. The van der Waals surface area contributed by atoms with Crippen molar-refractivity contribution in [2.75, 3.05) is 20.7 Å². The van der Waals surface area contributed by atoms with Gasteiger partial charge in [-0.3, -0.25) is 9.98 Å². The molecule has 2 N–H and O–H groups in total. The third-order valence-corrected chi connectivity index (χ3v) is 5.18. The van der Waals surface area contributed by atoms with Crippen molar-refractivity contribution in [2.24, 2.45) is 4.99 Å². The van der Waals surface area contributed by atoms with Crippen molar-refractivity contribution in [1.29, 1.82) is 0 Å². The Kier molecular flexibility index (Phi) is 7.18. The predicted octanol–water partition coefficient (Wildman–Crippen LogP) is 2.63. The van der Waals surface area contributed by atoms with E-state index < -0.39 is 0 Å². The molecule has 2 heterocycles. The molecule has 0 aromatic carbocycles. The SMILES string of the molecule is CCc1cnc(CCNC(=NC)NCc2ncc(C)c(OC)c2C)s1. The molecule has 0 aliphatic carbocycles. The number of aryl methyl sites for hydroxylation is 2. The fourth-order valence-corrected chi connectivity index (χ4v) is 3.41. The van der Waals surface area contributed by atoms with Gasteiger partial charge in [-0.25, -0.2) is 4.98 Å². The van der Waals surface area contributed by atoms with E-state index in [4.69, 9.17) is 4.74 Å². The summed E-state index contributed by atoms with van der Waals surface area (Å²) in [6, 6.07) is 0. The third kappa shape index (κ3) is 5.16. The molecule has 0 fully saturated rings. The van der Waals surface area contributed by atoms with E-state index in [-0.39, 0.29) is 0 Å². The molecule has 7 heteroatoms. The summed E-state index contributed by atoms with van der Waals surface area (Å²) >= 11 is 1.77. The minimum Gasteiger partial charge on any atom is -0.496 e. The molecule has 0 unspecified atom stereocenters. The first kappa shape index (κ1) is 19.2. The second-order valence-corrected chi connectivity index (χ2v) is 6.92. The van der Waals surface area contributed by atoms with Crippen molar-refractivity contribution in [3.8, 4) is 5.75 Å². The van der Waals surface area contributed by atoms with Crippen LogP contribution in [0.1, 0.15) is 33.6 Å². The normalized spacial score (nSPS) is 11.5. The van der Waals surface area contributed by atoms with Gasteiger partial charge in [0.15, 0.2) is 5.96 Å². The van der Waals surface area contributed by atoms with Crippen molar-refractivity contribution in [3.05, 3.63) is 39.1 Å². The number of ether oxygens (including phenoxy) is 1. The molecule has 2 aromatic rings. The van der Waals surface area contributed by atoms with Crippen LogP contribution in [0.4, 0.5) is 0 Å². The number of hydrogen-bond acceptors (Lipinski definition) is 5. The highest BCUT2D eigenvalue weighted by Gasteiger charge is 2.10. The fourth-order valence-electron chi connectivity index (χ4n) is 2.55. The topological polar surface area (TPSA) is 71.4 Å². The first-order valence-corrected chi connectivity index (χ1v) is 9.27. The summed E-state index contributed by atoms with van der Waals surface area (Å²) in [5, 5.41) is 7.78. The number of rotatable bonds is 7. The third-order valence-electron chi connectivity index (χ3n) is 3.98. The Morgan fingerprint density at radius 1 is 1.24 bits per heavy atom. The summed E-state index contributed by atoms with van der Waals surface area (Å²) in [4.78, 5) is 14.5. The Morgan fingerprint density at radius 2 is 2.04 bits per heavy atom. The first-order chi connectivity index (χ1) is 12.1. The number of nitrogens with zero attached hydrogens (tertiary/aromatic N) is 3. The quantitative estimate of drug-likeness (QED) is 0.586. The van der Waals surface area contributed by atoms with Crippen molar-refractivity contribution in [1.82, 2.24) is 20.6 Å². The fraction of sp³-hybridized carbons (Fsp3) is 0.500. The van der Waals surface area contributed by atoms with Crippen LogP contribution >= 0.6 is 11.3 Å². The molecule has 0 radical (unpaired) electrons. The molecule has 136 valence electrons. The van der Waals surface area contributed by atoms with Gasteiger partial charge in [-0.15, -0.1) is 11.3 Å². The van der Waals surface area contributed by atoms with Gasteiger partial charge >= 0.3 is 0 Å². The zero-order valence-corrected chi connectivity index (χ0v) is 16.5. The van der Waals surface area contributed by atoms with E-state index in [1.165, 1.54) is 4.88 Å². The average Bonchev–Trinajstić information content (AvgIpc) is 3.07. The summed E-state index contributed by atoms with van der Waals surface area (Å²) in [6.07, 6.45) is 5.74. The van der Waals surface area contributed by atoms with E-state index in [0.29, 0.717) is 6.54 Å². The zero-order valence-electron chi connectivity index (χ0n) is 15.6. The lowest BCUT2D eigenvalue weighted by Gasteiger charge is -2.15. The predicted molar refractivity (Wildman–Crippen MR) is 104 cm³/mol. The Balaban J connectivity index is 1.86. The number of aliphatic imine (C=N–C) groups is 1. The van der Waals surface area contributed by atoms with Crippen molar-refractivity contribution >= 4 is 17.3 Å². The second kappa shape index (κ2) is 9.36. The van der Waals surface area contributed by atoms with Crippen molar-refractivity contribution in [3.63, 3.8) is 0 Å². The van der Waals surface area contributed by atoms with Crippen LogP contribution in [0.15, 0.2) is 17.4 Å². The molecule has 0 aliphatic heterocycles. The molecule has 2 aromatic heterocycles. The number of pyridine rings is 1. The van der Waals surface area contributed by atoms with Crippen LogP contribution in [0.25, 0.3) is 0 Å². The summed E-state index contributed by atoms with van der Waals surface area (Å²) in [6.45, 7) is 7.57. The molecule has 0 aliphatic rings. The van der Waals surface area contributed by atoms with Gasteiger partial charge in [0.05, 0.1) is 24.4 Å². The molecule has 6 nitrogen and oxygen atoms in total. The number of guanidine groups is 1. The Morgan fingerprint density at radius 3 is 2.68 bits per heavy atom. The lowest BCUT2D eigenvalue weighted by atomic mass is 10.1. The van der Waals surface area contributed by atoms with E-state index in [1.54, 1.807) is 25.5 Å². The molecule has 2 rings (SSSR count). The maximum absolute atomic E-state index is 5.46. The minimum absolute atomic E-state index is 0.597. The summed E-state index contributed by atoms with van der Waals surface area (Å²) in [5.41, 5.74) is 3.05. The molecule has 0 saturated carbocycles. The van der Waals surface area contributed by atoms with Gasteiger partial charge in [-0.05, 0) is 20.3 Å². The van der Waals surface area contributed by atoms with Crippen molar-refractivity contribution in [2.45, 2.75) is 40.2 Å². The number of hydrogen-bond donors (Lipinski definition) is 2. The maximum Gasteiger partial charge on any atom is 0.191 e. The molecular formula is C18H27N5OS. The average molecular weight is 362 g/mol. The summed E-state index contributed by atoms with van der Waals surface area (Å²) in [5.74, 6) is 1.65. The van der Waals surface area contributed by atoms with E-state index in [2.05, 4.69) is 32.5 Å². The number of methoxy groups -OCH3 is 1. The van der Waals surface area contributed by atoms with Gasteiger partial charge in [0.2, 0.25) is 0 Å². The van der Waals surface area contributed by atoms with Gasteiger partial charge in [0.1, 0.15) is 5.75 Å². The van der Waals surface area contributed by atoms with Crippen LogP contribution in [-0.4, -0.2) is 36.6 Å². The zero-order chi connectivity index (χ0) is 18.2. The van der Waals surface area contributed by atoms with E-state index >= 15 is 0 Å². The van der Waals surface area contributed by atoms with Gasteiger partial charge < -0.3 is 15.4 Å². The first-order valence-electron chi connectivity index (χ1n) is 8.46. The molecule has 0 atom stereocenters. The number of aromatic nitrogens is 2. The lowest BCUT2D eigenvalue weighted by molar-refractivity contribution is 0.406. The second-order valence-electron chi connectivity index (χ2n) is 5.72. The molecular weight excluding hydrogens is 334 g/mol. The van der Waals surface area contributed by atoms with Gasteiger partial charge in [-0.1, -0.05) is 6.92 Å². The number of thiazole rings is 1. The monoisotopic (exact) mass is 361 g/mol. The van der Waals surface area contributed by atoms with Crippen LogP contribution in [0, 0.1) is 13.8 Å². The summed E-state index contributed by atoms with van der Waals surface area (Å²) in [7, 11) is 3.46. The van der Waals surface area contributed by atoms with Gasteiger partial charge in [0, 0.05) is 48.4 Å². The number of nitrogens with one attached hydrogen (secondary N) is 2. The smallest absolute Gasteiger partial charge is 0.191 e. The van der Waals surface area contributed by atoms with Crippen LogP contribution < -0.4 is 15.4 Å². The van der Waals surface area contributed by atoms with E-state index in [0.717, 1.165) is 52.9 Å². The van der Waals surface area contributed by atoms with Gasteiger partial charge in [-0.2, -0.15) is 0 Å². The maximum atomic E-state index is 5.46. The lowest BCUT2D eigenvalue weighted by Crippen LogP contribution is -2.38. The Hall–Kier alpha value is -2.15. The summed E-state index contributed by atoms with van der Waals surface area (Å²) < 4.78 is 5.46. The molecule has 25 heavy (non-hydrogen) atoms. The largest absolute Gasteiger partial charge is 0.496 e. The van der Waals surface area contributed by atoms with E-state index in [1.807, 2.05) is 26.2 Å². The van der Waals surface area contributed by atoms with Crippen LogP contribution in [-0.2, 0) is 19.4 Å². The van der Waals surface area contributed by atoms with Crippen molar-refractivity contribution < 1.29 is 4.74 Å². The minimum atomic E-state index is 0.597. The molecule has 0 spiro atoms. The Labute approximate surface area is 153 Å². The van der Waals surface area contributed by atoms with Crippen LogP contribution in [0.5, 0.6) is 5.75 Å². The van der Waals surface area contributed by atoms with Crippen LogP contribution in [0.2, 0.25) is 0 Å². The molecule has 0 amide bonds.